The molecule has 0 saturated carbocycles. The summed E-state index contributed by atoms with van der Waals surface area (Å²) in [5.41, 5.74) is 0.473. The van der Waals surface area contributed by atoms with Crippen LogP contribution in [-0.2, 0) is 19.7 Å². The van der Waals surface area contributed by atoms with Crippen molar-refractivity contribution in [1.29, 1.82) is 0 Å². The predicted octanol–water partition coefficient (Wildman–Crippen LogP) is 3.62. The Hall–Kier alpha value is -2.81. The molecule has 0 aliphatic heterocycles. The molecule has 0 spiro atoms. The van der Waals surface area contributed by atoms with Crippen LogP contribution >= 0.6 is 0 Å². The van der Waals surface area contributed by atoms with E-state index in [-0.39, 0.29) is 15.4 Å². The first-order valence-corrected chi connectivity index (χ1v) is 12.4. The lowest BCUT2D eigenvalue weighted by molar-refractivity contribution is 0.217. The third-order valence-corrected chi connectivity index (χ3v) is 11.2. The molecule has 3 aromatic carbocycles. The summed E-state index contributed by atoms with van der Waals surface area (Å²) < 4.78 is 65.9. The molecular formula is C23H19FO5S2. The molecule has 1 aliphatic carbocycles. The zero-order valence-corrected chi connectivity index (χ0v) is 17.9. The molecule has 1 aliphatic rings. The van der Waals surface area contributed by atoms with E-state index in [9.17, 15) is 26.3 Å². The molecule has 0 radical (unpaired) electrons. The molecule has 0 saturated heterocycles. The second kappa shape index (κ2) is 7.71. The Morgan fingerprint density at radius 2 is 1.19 bits per heavy atom. The third kappa shape index (κ3) is 3.22. The largest absolute Gasteiger partial charge is 0.386 e. The highest BCUT2D eigenvalue weighted by molar-refractivity contribution is 8.10. The van der Waals surface area contributed by atoms with E-state index in [1.165, 1.54) is 78.9 Å². The van der Waals surface area contributed by atoms with Gasteiger partial charge in [-0.1, -0.05) is 54.6 Å². The number of hydrogen-bond donors (Lipinski definition) is 1. The van der Waals surface area contributed by atoms with E-state index < -0.39 is 42.1 Å². The van der Waals surface area contributed by atoms with Gasteiger partial charge in [0.1, 0.15) is 11.9 Å². The Kier molecular flexibility index (Phi) is 5.33. The Bertz CT molecular complexity index is 1260. The first-order chi connectivity index (χ1) is 14.7. The number of allylic oxidation sites excluding steroid dienone is 1. The fraction of sp³-hybridized carbons (Fsp3) is 0.130. The molecule has 1 atom stereocenters. The maximum atomic E-state index is 13.8. The number of aliphatic hydroxyl groups is 1. The van der Waals surface area contributed by atoms with E-state index >= 15 is 0 Å². The van der Waals surface area contributed by atoms with Gasteiger partial charge in [0.2, 0.25) is 23.8 Å². The molecule has 160 valence electrons. The van der Waals surface area contributed by atoms with Crippen LogP contribution in [0, 0.1) is 5.82 Å². The topological polar surface area (TPSA) is 88.5 Å². The van der Waals surface area contributed by atoms with Gasteiger partial charge in [-0.15, -0.1) is 0 Å². The minimum Gasteiger partial charge on any atom is -0.386 e. The zero-order valence-electron chi connectivity index (χ0n) is 16.2. The Balaban J connectivity index is 1.95. The maximum absolute atomic E-state index is 13.8. The Morgan fingerprint density at radius 1 is 0.742 bits per heavy atom. The number of sulfone groups is 2. The zero-order chi connectivity index (χ0) is 22.3. The summed E-state index contributed by atoms with van der Waals surface area (Å²) in [6.45, 7) is 0. The van der Waals surface area contributed by atoms with Crippen LogP contribution in [0.1, 0.15) is 12.0 Å². The number of halogens is 1. The second-order valence-electron chi connectivity index (χ2n) is 7.22. The lowest BCUT2D eigenvalue weighted by Gasteiger charge is -2.33. The summed E-state index contributed by atoms with van der Waals surface area (Å²) >= 11 is 0. The summed E-state index contributed by atoms with van der Waals surface area (Å²) in [4.78, 5) is -0.412. The molecule has 0 bridgehead atoms. The standard InChI is InChI=1S/C23H19FO5S2/c24-18-13-11-17(12-14-18)21-15-16-23(22(21)25,30(26,27)19-7-3-1-4-8-19)31(28,29)20-9-5-2-6-10-20/h1-15,22,25H,16H2. The van der Waals surface area contributed by atoms with E-state index in [1.54, 1.807) is 12.1 Å². The Labute approximate surface area is 180 Å². The van der Waals surface area contributed by atoms with Crippen LogP contribution in [0.5, 0.6) is 0 Å². The van der Waals surface area contributed by atoms with Crippen molar-refractivity contribution in [2.75, 3.05) is 0 Å². The Morgan fingerprint density at radius 3 is 1.65 bits per heavy atom. The van der Waals surface area contributed by atoms with Gasteiger partial charge >= 0.3 is 0 Å². The summed E-state index contributed by atoms with van der Waals surface area (Å²) in [6.07, 6.45) is -0.929. The molecule has 0 amide bonds. The van der Waals surface area contributed by atoms with E-state index in [0.717, 1.165) is 0 Å². The van der Waals surface area contributed by atoms with Gasteiger partial charge in [0.25, 0.3) is 0 Å². The van der Waals surface area contributed by atoms with Crippen molar-refractivity contribution in [3.05, 3.63) is 102 Å². The van der Waals surface area contributed by atoms with E-state index in [2.05, 4.69) is 0 Å². The smallest absolute Gasteiger partial charge is 0.215 e. The van der Waals surface area contributed by atoms with Crippen molar-refractivity contribution >= 4 is 25.2 Å². The summed E-state index contributed by atoms with van der Waals surface area (Å²) in [5, 5.41) is 11.3. The van der Waals surface area contributed by atoms with Crippen LogP contribution in [0.25, 0.3) is 5.57 Å². The average Bonchev–Trinajstić information content (AvgIpc) is 3.14. The van der Waals surface area contributed by atoms with Crippen molar-refractivity contribution in [2.45, 2.75) is 26.4 Å². The molecule has 4 rings (SSSR count). The quantitative estimate of drug-likeness (QED) is 0.631. The number of rotatable bonds is 5. The minimum atomic E-state index is -4.57. The molecule has 1 unspecified atom stereocenters. The van der Waals surface area contributed by atoms with Gasteiger partial charge in [0, 0.05) is 6.42 Å². The number of hydrogen-bond acceptors (Lipinski definition) is 5. The SMILES string of the molecule is O=S(=O)(c1ccccc1)C1(S(=O)(=O)c2ccccc2)CC=C(c2ccc(F)cc2)C1O. The first-order valence-electron chi connectivity index (χ1n) is 9.45. The molecule has 0 fully saturated rings. The van der Waals surface area contributed by atoms with Crippen LogP contribution < -0.4 is 0 Å². The average molecular weight is 459 g/mol. The lowest BCUT2D eigenvalue weighted by atomic mass is 10.0. The monoisotopic (exact) mass is 458 g/mol. The summed E-state index contributed by atoms with van der Waals surface area (Å²) in [6, 6.07) is 19.5. The van der Waals surface area contributed by atoms with Gasteiger partial charge in [-0.2, -0.15) is 0 Å². The van der Waals surface area contributed by atoms with Gasteiger partial charge < -0.3 is 5.11 Å². The van der Waals surface area contributed by atoms with Gasteiger partial charge in [-0.25, -0.2) is 21.2 Å². The molecule has 8 heteroatoms. The molecule has 31 heavy (non-hydrogen) atoms. The maximum Gasteiger partial charge on any atom is 0.215 e. The van der Waals surface area contributed by atoms with Crippen molar-refractivity contribution in [1.82, 2.24) is 0 Å². The van der Waals surface area contributed by atoms with Gasteiger partial charge in [-0.3, -0.25) is 0 Å². The predicted molar refractivity (Wildman–Crippen MR) is 115 cm³/mol. The fourth-order valence-corrected chi connectivity index (χ4v) is 8.90. The van der Waals surface area contributed by atoms with E-state index in [4.69, 9.17) is 0 Å². The van der Waals surface area contributed by atoms with Crippen LogP contribution in [0.3, 0.4) is 0 Å². The number of aliphatic hydroxyl groups excluding tert-OH is 1. The lowest BCUT2D eigenvalue weighted by Crippen LogP contribution is -2.53. The van der Waals surface area contributed by atoms with Gasteiger partial charge in [0.05, 0.1) is 9.79 Å². The van der Waals surface area contributed by atoms with Crippen molar-refractivity contribution in [3.8, 4) is 0 Å². The normalized spacial score (nSPS) is 18.5. The highest BCUT2D eigenvalue weighted by Crippen LogP contribution is 2.49. The van der Waals surface area contributed by atoms with Crippen LogP contribution in [0.2, 0.25) is 0 Å². The third-order valence-electron chi connectivity index (χ3n) is 5.51. The fourth-order valence-electron chi connectivity index (χ4n) is 3.89. The minimum absolute atomic E-state index is 0.124. The van der Waals surface area contributed by atoms with Crippen LogP contribution in [0.4, 0.5) is 4.39 Å². The molecule has 3 aromatic rings. The van der Waals surface area contributed by atoms with Gasteiger partial charge in [-0.05, 0) is 47.5 Å². The first kappa shape index (κ1) is 21.4. The summed E-state index contributed by atoms with van der Waals surface area (Å²) in [5.74, 6) is -0.503. The second-order valence-corrected chi connectivity index (χ2v) is 11.9. The van der Waals surface area contributed by atoms with Crippen LogP contribution in [-0.4, -0.2) is 32.1 Å². The molecule has 0 heterocycles. The van der Waals surface area contributed by atoms with Gasteiger partial charge in [0.15, 0.2) is 0 Å². The van der Waals surface area contributed by atoms with Crippen molar-refractivity contribution < 1.29 is 26.3 Å². The van der Waals surface area contributed by atoms with Crippen molar-refractivity contribution in [2.24, 2.45) is 0 Å². The number of benzene rings is 3. The van der Waals surface area contributed by atoms with Crippen molar-refractivity contribution in [3.63, 3.8) is 0 Å². The molecular weight excluding hydrogens is 439 g/mol. The summed E-state index contributed by atoms with van der Waals surface area (Å²) in [7, 11) is -9.14. The molecule has 0 aromatic heterocycles. The molecule has 1 N–H and O–H groups in total. The van der Waals surface area contributed by atoms with E-state index in [0.29, 0.717) is 5.56 Å². The van der Waals surface area contributed by atoms with E-state index in [1.807, 2.05) is 0 Å². The molecule has 5 nitrogen and oxygen atoms in total. The van der Waals surface area contributed by atoms with Crippen LogP contribution in [0.15, 0.2) is 101 Å². The highest BCUT2D eigenvalue weighted by Gasteiger charge is 2.63. The highest BCUT2D eigenvalue weighted by atomic mass is 32.3.